The average Bonchev–Trinajstić information content (AvgIpc) is 2.27. The van der Waals surface area contributed by atoms with Crippen molar-refractivity contribution < 1.29 is 40.2 Å². The summed E-state index contributed by atoms with van der Waals surface area (Å²) in [6.45, 7) is 1.20. The van der Waals surface area contributed by atoms with Crippen LogP contribution in [-0.2, 0) is 9.59 Å². The van der Waals surface area contributed by atoms with Crippen LogP contribution in [0, 0.1) is 0 Å². The molecular formula is C9H20O8. The minimum atomic E-state index is -1.08. The number of carbonyl (C=O) groups is 2. The first-order valence-electron chi connectivity index (χ1n) is 4.79. The number of aliphatic carboxylic acids is 2. The van der Waals surface area contributed by atoms with E-state index in [0.717, 1.165) is 0 Å². The summed E-state index contributed by atoms with van der Waals surface area (Å²) >= 11 is 0. The highest BCUT2D eigenvalue weighted by Gasteiger charge is 2.00. The molecule has 104 valence electrons. The fourth-order valence-electron chi connectivity index (χ4n) is 0.272. The molecule has 0 aliphatic heterocycles. The zero-order valence-corrected chi connectivity index (χ0v) is 9.61. The van der Waals surface area contributed by atoms with Gasteiger partial charge in [-0.2, -0.15) is 0 Å². The van der Waals surface area contributed by atoms with Crippen LogP contribution in [0.5, 0.6) is 0 Å². The van der Waals surface area contributed by atoms with Crippen LogP contribution in [0.3, 0.4) is 0 Å². The Morgan fingerprint density at radius 2 is 1.18 bits per heavy atom. The number of hydrogen-bond donors (Lipinski definition) is 6. The molecule has 0 fully saturated rings. The molecule has 0 radical (unpaired) electrons. The molecule has 0 bridgehead atoms. The second-order valence-corrected chi connectivity index (χ2v) is 2.62. The van der Waals surface area contributed by atoms with Gasteiger partial charge in [-0.3, -0.25) is 9.59 Å². The quantitative estimate of drug-likeness (QED) is 0.339. The topological polar surface area (TPSA) is 156 Å². The van der Waals surface area contributed by atoms with Crippen molar-refractivity contribution in [3.63, 3.8) is 0 Å². The van der Waals surface area contributed by atoms with Gasteiger partial charge in [0, 0.05) is 6.61 Å². The average molecular weight is 256 g/mol. The Hall–Kier alpha value is -1.22. The van der Waals surface area contributed by atoms with Crippen LogP contribution in [0.15, 0.2) is 0 Å². The van der Waals surface area contributed by atoms with Crippen LogP contribution in [0.25, 0.3) is 0 Å². The van der Waals surface area contributed by atoms with Crippen LogP contribution in [0.4, 0.5) is 0 Å². The van der Waals surface area contributed by atoms with Crippen molar-refractivity contribution in [2.45, 2.75) is 25.9 Å². The van der Waals surface area contributed by atoms with E-state index in [1.165, 1.54) is 0 Å². The summed E-state index contributed by atoms with van der Waals surface area (Å²) in [4.78, 5) is 19.3. The molecule has 0 unspecified atom stereocenters. The Kier molecular flexibility index (Phi) is 21.3. The maximum atomic E-state index is 9.64. The second kappa shape index (κ2) is 17.2. The third-order valence-corrected chi connectivity index (χ3v) is 0.974. The molecule has 6 N–H and O–H groups in total. The van der Waals surface area contributed by atoms with E-state index < -0.39 is 18.0 Å². The Labute approximate surface area is 98.8 Å². The second-order valence-electron chi connectivity index (χ2n) is 2.62. The van der Waals surface area contributed by atoms with Gasteiger partial charge in [-0.05, 0) is 6.92 Å². The largest absolute Gasteiger partial charge is 0.481 e. The highest BCUT2D eigenvalue weighted by molar-refractivity contribution is 5.75. The van der Waals surface area contributed by atoms with E-state index in [-0.39, 0.29) is 32.7 Å². The van der Waals surface area contributed by atoms with Gasteiger partial charge in [0.2, 0.25) is 0 Å². The van der Waals surface area contributed by atoms with Crippen LogP contribution >= 0.6 is 0 Å². The summed E-state index contributed by atoms with van der Waals surface area (Å²) in [5, 5.41) is 47.4. The molecule has 0 aromatic rings. The lowest BCUT2D eigenvalue weighted by molar-refractivity contribution is -0.143. The predicted molar refractivity (Wildman–Crippen MR) is 57.4 cm³/mol. The van der Waals surface area contributed by atoms with E-state index in [9.17, 15) is 9.59 Å². The van der Waals surface area contributed by atoms with Crippen LogP contribution < -0.4 is 0 Å². The summed E-state index contributed by atoms with van der Waals surface area (Å²) < 4.78 is 0. The molecule has 0 aliphatic carbocycles. The summed E-state index contributed by atoms with van der Waals surface area (Å²) in [5.74, 6) is -2.15. The summed E-state index contributed by atoms with van der Waals surface area (Å²) in [7, 11) is 0. The monoisotopic (exact) mass is 256 g/mol. The number of hydrogen-bond acceptors (Lipinski definition) is 6. The molecule has 0 atom stereocenters. The molecular weight excluding hydrogens is 236 g/mol. The van der Waals surface area contributed by atoms with Crippen molar-refractivity contribution >= 4 is 11.9 Å². The lowest BCUT2D eigenvalue weighted by Crippen LogP contribution is -2.15. The van der Waals surface area contributed by atoms with Gasteiger partial charge in [0.05, 0.1) is 26.1 Å². The molecule has 0 aromatic carbocycles. The molecule has 0 spiro atoms. The fraction of sp³-hybridized carbons (Fsp3) is 0.778. The van der Waals surface area contributed by atoms with Gasteiger partial charge in [0.25, 0.3) is 0 Å². The molecule has 17 heavy (non-hydrogen) atoms. The van der Waals surface area contributed by atoms with E-state index in [4.69, 9.17) is 30.6 Å². The standard InChI is InChI=1S/C4H6O4.C3H8O3.C2H6O/c5-3(6)1-2-4(7)8;4-1-3(6)2-5;1-2-3/h1-2H2,(H,5,6)(H,7,8);3-6H,1-2H2;3H,2H2,1H3. The van der Waals surface area contributed by atoms with E-state index >= 15 is 0 Å². The third-order valence-electron chi connectivity index (χ3n) is 0.974. The molecule has 0 saturated heterocycles. The van der Waals surface area contributed by atoms with Crippen molar-refractivity contribution in [1.82, 2.24) is 0 Å². The molecule has 0 saturated carbocycles. The molecule has 0 aliphatic rings. The fourth-order valence-corrected chi connectivity index (χ4v) is 0.272. The van der Waals surface area contributed by atoms with E-state index in [1.807, 2.05) is 0 Å². The Bertz CT molecular complexity index is 164. The van der Waals surface area contributed by atoms with Gasteiger partial charge in [0.15, 0.2) is 0 Å². The highest BCUT2D eigenvalue weighted by Crippen LogP contribution is 1.86. The van der Waals surface area contributed by atoms with Crippen LogP contribution in [0.2, 0.25) is 0 Å². The van der Waals surface area contributed by atoms with Crippen molar-refractivity contribution in [1.29, 1.82) is 0 Å². The summed E-state index contributed by atoms with van der Waals surface area (Å²) in [5.41, 5.74) is 0. The minimum Gasteiger partial charge on any atom is -0.481 e. The Morgan fingerprint density at radius 3 is 1.24 bits per heavy atom. The highest BCUT2D eigenvalue weighted by atomic mass is 16.4. The molecule has 8 nitrogen and oxygen atoms in total. The maximum absolute atomic E-state index is 9.64. The summed E-state index contributed by atoms with van der Waals surface area (Å²) in [6, 6.07) is 0. The first-order valence-corrected chi connectivity index (χ1v) is 4.79. The Balaban J connectivity index is -0.000000193. The first kappa shape index (κ1) is 21.1. The number of carboxylic acids is 2. The lowest BCUT2D eigenvalue weighted by atomic mass is 10.3. The lowest BCUT2D eigenvalue weighted by Gasteiger charge is -1.96. The zero-order valence-electron chi connectivity index (χ0n) is 9.61. The smallest absolute Gasteiger partial charge is 0.303 e. The van der Waals surface area contributed by atoms with Gasteiger partial charge >= 0.3 is 11.9 Å². The maximum Gasteiger partial charge on any atom is 0.303 e. The van der Waals surface area contributed by atoms with Gasteiger partial charge < -0.3 is 30.6 Å². The van der Waals surface area contributed by atoms with E-state index in [2.05, 4.69) is 0 Å². The minimum absolute atomic E-state index is 0.250. The van der Waals surface area contributed by atoms with Crippen molar-refractivity contribution in [2.75, 3.05) is 19.8 Å². The van der Waals surface area contributed by atoms with E-state index in [1.54, 1.807) is 6.92 Å². The molecule has 0 aromatic heterocycles. The molecule has 0 amide bonds. The van der Waals surface area contributed by atoms with Gasteiger partial charge in [-0.1, -0.05) is 0 Å². The normalized spacial score (nSPS) is 8.59. The van der Waals surface area contributed by atoms with Crippen molar-refractivity contribution in [3.8, 4) is 0 Å². The van der Waals surface area contributed by atoms with Crippen LogP contribution in [-0.4, -0.2) is 68.5 Å². The van der Waals surface area contributed by atoms with Crippen LogP contribution in [0.1, 0.15) is 19.8 Å². The Morgan fingerprint density at radius 1 is 0.941 bits per heavy atom. The van der Waals surface area contributed by atoms with Crippen molar-refractivity contribution in [3.05, 3.63) is 0 Å². The first-order chi connectivity index (χ1) is 7.85. The zero-order chi connectivity index (χ0) is 14.3. The predicted octanol–water partition coefficient (Wildman–Crippen LogP) is -1.73. The van der Waals surface area contributed by atoms with Gasteiger partial charge in [-0.25, -0.2) is 0 Å². The number of carboxylic acid groups (broad SMARTS) is 2. The number of rotatable bonds is 5. The number of aliphatic hydroxyl groups is 4. The third kappa shape index (κ3) is 39.9. The SMILES string of the molecule is CCO.O=C(O)CCC(=O)O.OCC(O)CO. The van der Waals surface area contributed by atoms with Gasteiger partial charge in [-0.15, -0.1) is 0 Å². The molecule has 0 rings (SSSR count). The van der Waals surface area contributed by atoms with E-state index in [0.29, 0.717) is 0 Å². The summed E-state index contributed by atoms with van der Waals surface area (Å²) in [6.07, 6.45) is -1.55. The molecule has 0 heterocycles. The number of aliphatic hydroxyl groups excluding tert-OH is 4. The van der Waals surface area contributed by atoms with Crippen molar-refractivity contribution in [2.24, 2.45) is 0 Å². The molecule has 8 heteroatoms. The van der Waals surface area contributed by atoms with Gasteiger partial charge in [0.1, 0.15) is 6.10 Å².